The zero-order valence-electron chi connectivity index (χ0n) is 10.0. The highest BCUT2D eigenvalue weighted by atomic mass is 16.4. The molecule has 0 aliphatic carbocycles. The van der Waals surface area contributed by atoms with Crippen LogP contribution in [-0.4, -0.2) is 40.6 Å². The molecule has 0 bridgehead atoms. The van der Waals surface area contributed by atoms with Gasteiger partial charge in [0.2, 0.25) is 11.8 Å². The minimum absolute atomic E-state index is 0.0462. The molecule has 19 heavy (non-hydrogen) atoms. The minimum atomic E-state index is -1.27. The van der Waals surface area contributed by atoms with Gasteiger partial charge in [0, 0.05) is 19.3 Å². The van der Waals surface area contributed by atoms with Crippen molar-refractivity contribution in [2.75, 3.05) is 0 Å². The molecule has 0 aromatic heterocycles. The first-order valence-electron chi connectivity index (χ1n) is 5.57. The van der Waals surface area contributed by atoms with Crippen LogP contribution in [0.4, 0.5) is 0 Å². The number of aliphatic carboxylic acids is 1. The Labute approximate surface area is 108 Å². The summed E-state index contributed by atoms with van der Waals surface area (Å²) in [5, 5.41) is 14.7. The quantitative estimate of drug-likeness (QED) is 0.444. The van der Waals surface area contributed by atoms with Crippen LogP contribution in [0.15, 0.2) is 5.10 Å². The van der Waals surface area contributed by atoms with Crippen molar-refractivity contribution < 1.29 is 24.3 Å². The molecule has 0 spiro atoms. The van der Waals surface area contributed by atoms with E-state index in [2.05, 4.69) is 15.8 Å². The number of hydrogen-bond donors (Lipinski definition) is 4. The molecule has 0 fully saturated rings. The Kier molecular flexibility index (Phi) is 4.98. The summed E-state index contributed by atoms with van der Waals surface area (Å²) in [6.45, 7) is 0. The van der Waals surface area contributed by atoms with Crippen molar-refractivity contribution in [3.05, 3.63) is 0 Å². The molecular formula is C10H14N4O5. The van der Waals surface area contributed by atoms with Crippen LogP contribution in [0.2, 0.25) is 0 Å². The zero-order valence-corrected chi connectivity index (χ0v) is 10.0. The van der Waals surface area contributed by atoms with E-state index in [4.69, 9.17) is 10.8 Å². The molecule has 1 rings (SSSR count). The van der Waals surface area contributed by atoms with E-state index in [1.165, 1.54) is 0 Å². The summed E-state index contributed by atoms with van der Waals surface area (Å²) < 4.78 is 0. The van der Waals surface area contributed by atoms with Crippen LogP contribution in [0.3, 0.4) is 0 Å². The molecule has 9 nitrogen and oxygen atoms in total. The monoisotopic (exact) mass is 270 g/mol. The molecule has 0 aromatic rings. The molecule has 1 aliphatic heterocycles. The second kappa shape index (κ2) is 6.47. The molecule has 1 atom stereocenters. The molecule has 104 valence electrons. The van der Waals surface area contributed by atoms with Gasteiger partial charge in [-0.1, -0.05) is 0 Å². The summed E-state index contributed by atoms with van der Waals surface area (Å²) in [6, 6.07) is -1.22. The first-order chi connectivity index (χ1) is 8.90. The maximum absolute atomic E-state index is 11.7. The van der Waals surface area contributed by atoms with E-state index in [0.717, 1.165) is 0 Å². The predicted octanol–water partition coefficient (Wildman–Crippen LogP) is -1.91. The molecule has 1 heterocycles. The van der Waals surface area contributed by atoms with Crippen LogP contribution in [0.25, 0.3) is 0 Å². The van der Waals surface area contributed by atoms with E-state index in [1.54, 1.807) is 0 Å². The largest absolute Gasteiger partial charge is 0.480 e. The maximum Gasteiger partial charge on any atom is 0.326 e. The van der Waals surface area contributed by atoms with Crippen molar-refractivity contribution >= 4 is 29.4 Å². The summed E-state index contributed by atoms with van der Waals surface area (Å²) in [7, 11) is 0. The normalized spacial score (nSPS) is 16.0. The summed E-state index contributed by atoms with van der Waals surface area (Å²) in [4.78, 5) is 44.0. The number of rotatable bonds is 6. The molecule has 1 aliphatic rings. The number of amides is 3. The number of nitrogens with one attached hydrogen (secondary N) is 2. The van der Waals surface area contributed by atoms with Crippen molar-refractivity contribution in [2.45, 2.75) is 31.7 Å². The number of carbonyl (C=O) groups is 4. The van der Waals surface area contributed by atoms with Gasteiger partial charge in [0.1, 0.15) is 11.8 Å². The van der Waals surface area contributed by atoms with Crippen molar-refractivity contribution in [2.24, 2.45) is 10.8 Å². The van der Waals surface area contributed by atoms with Crippen LogP contribution in [0, 0.1) is 0 Å². The summed E-state index contributed by atoms with van der Waals surface area (Å²) >= 11 is 0. The summed E-state index contributed by atoms with van der Waals surface area (Å²) in [5.41, 5.74) is 7.09. The van der Waals surface area contributed by atoms with Gasteiger partial charge in [-0.25, -0.2) is 10.2 Å². The number of nitrogens with two attached hydrogens (primary N) is 1. The van der Waals surface area contributed by atoms with Gasteiger partial charge in [0.25, 0.3) is 5.91 Å². The lowest BCUT2D eigenvalue weighted by Gasteiger charge is -2.16. The maximum atomic E-state index is 11.7. The lowest BCUT2D eigenvalue weighted by Crippen LogP contribution is -2.46. The standard InChI is InChI=1S/C10H14N4O5/c11-7(15)3-1-6(10(18)19)12-9(17)5-2-4-8(16)14-13-5/h6H,1-4H2,(H2,11,15)(H,12,17)(H,14,16)(H,18,19)/t6-/m1/s1. The lowest BCUT2D eigenvalue weighted by molar-refractivity contribution is -0.141. The first kappa shape index (κ1) is 14.6. The molecule has 0 unspecified atom stereocenters. The topological polar surface area (TPSA) is 151 Å². The highest BCUT2D eigenvalue weighted by Crippen LogP contribution is 2.02. The number of carboxylic acids is 1. The van der Waals surface area contributed by atoms with Crippen molar-refractivity contribution in [1.82, 2.24) is 10.7 Å². The van der Waals surface area contributed by atoms with Crippen LogP contribution < -0.4 is 16.5 Å². The first-order valence-corrected chi connectivity index (χ1v) is 5.57. The van der Waals surface area contributed by atoms with Crippen molar-refractivity contribution in [3.8, 4) is 0 Å². The van der Waals surface area contributed by atoms with Crippen LogP contribution in [0.5, 0.6) is 0 Å². The Bertz CT molecular complexity index is 445. The van der Waals surface area contributed by atoms with Gasteiger partial charge in [-0.05, 0) is 6.42 Å². The zero-order chi connectivity index (χ0) is 14.4. The Morgan fingerprint density at radius 1 is 1.42 bits per heavy atom. The predicted molar refractivity (Wildman–Crippen MR) is 62.8 cm³/mol. The van der Waals surface area contributed by atoms with Gasteiger partial charge >= 0.3 is 5.97 Å². The van der Waals surface area contributed by atoms with Gasteiger partial charge in [-0.2, -0.15) is 5.10 Å². The van der Waals surface area contributed by atoms with E-state index in [-0.39, 0.29) is 37.3 Å². The average molecular weight is 270 g/mol. The van der Waals surface area contributed by atoms with E-state index in [1.807, 2.05) is 0 Å². The third-order valence-electron chi connectivity index (χ3n) is 2.45. The van der Waals surface area contributed by atoms with E-state index in [9.17, 15) is 19.2 Å². The molecule has 0 radical (unpaired) electrons. The number of primary amides is 1. The van der Waals surface area contributed by atoms with Crippen LogP contribution in [0.1, 0.15) is 25.7 Å². The van der Waals surface area contributed by atoms with Crippen LogP contribution >= 0.6 is 0 Å². The summed E-state index contributed by atoms with van der Waals surface area (Å²) in [5.74, 6) is -2.91. The Hall–Kier alpha value is -2.45. The fourth-order valence-corrected chi connectivity index (χ4v) is 1.42. The molecule has 3 amide bonds. The molecular weight excluding hydrogens is 256 g/mol. The third-order valence-corrected chi connectivity index (χ3v) is 2.45. The minimum Gasteiger partial charge on any atom is -0.480 e. The number of carbonyl (C=O) groups excluding carboxylic acids is 3. The van der Waals surface area contributed by atoms with Crippen molar-refractivity contribution in [3.63, 3.8) is 0 Å². The SMILES string of the molecule is NC(=O)CC[C@@H](NC(=O)C1=NNC(=O)CC1)C(=O)O. The Morgan fingerprint density at radius 3 is 2.58 bits per heavy atom. The van der Waals surface area contributed by atoms with Gasteiger partial charge in [0.15, 0.2) is 0 Å². The van der Waals surface area contributed by atoms with E-state index < -0.39 is 23.8 Å². The van der Waals surface area contributed by atoms with E-state index >= 15 is 0 Å². The molecule has 0 saturated heterocycles. The second-order valence-corrected chi connectivity index (χ2v) is 3.96. The fourth-order valence-electron chi connectivity index (χ4n) is 1.42. The number of nitrogens with zero attached hydrogens (tertiary/aromatic N) is 1. The number of hydrogen-bond acceptors (Lipinski definition) is 5. The lowest BCUT2D eigenvalue weighted by atomic mass is 10.1. The molecule has 5 N–H and O–H groups in total. The third kappa shape index (κ3) is 4.74. The van der Waals surface area contributed by atoms with Gasteiger partial charge in [-0.3, -0.25) is 14.4 Å². The van der Waals surface area contributed by atoms with Gasteiger partial charge in [-0.15, -0.1) is 0 Å². The fraction of sp³-hybridized carbons (Fsp3) is 0.500. The summed E-state index contributed by atoms with van der Waals surface area (Å²) in [6.07, 6.45) is 0.00159. The Morgan fingerprint density at radius 2 is 2.11 bits per heavy atom. The molecule has 0 aromatic carbocycles. The highest BCUT2D eigenvalue weighted by molar-refractivity contribution is 6.39. The Balaban J connectivity index is 2.58. The number of carboxylic acid groups (broad SMARTS) is 1. The van der Waals surface area contributed by atoms with Gasteiger partial charge in [0.05, 0.1) is 0 Å². The smallest absolute Gasteiger partial charge is 0.326 e. The number of hydrazone groups is 1. The highest BCUT2D eigenvalue weighted by Gasteiger charge is 2.24. The van der Waals surface area contributed by atoms with E-state index in [0.29, 0.717) is 0 Å². The van der Waals surface area contributed by atoms with Crippen LogP contribution in [-0.2, 0) is 19.2 Å². The molecule has 0 saturated carbocycles. The second-order valence-electron chi connectivity index (χ2n) is 3.96. The molecule has 9 heteroatoms. The van der Waals surface area contributed by atoms with Gasteiger partial charge < -0.3 is 16.2 Å². The van der Waals surface area contributed by atoms with Crippen molar-refractivity contribution in [1.29, 1.82) is 0 Å². The average Bonchev–Trinajstić information content (AvgIpc) is 2.34.